The maximum absolute atomic E-state index is 5.92. The number of aromatic nitrogens is 2. The molecule has 2 aromatic rings. The highest BCUT2D eigenvalue weighted by Gasteiger charge is 2.03. The number of halogens is 1. The summed E-state index contributed by atoms with van der Waals surface area (Å²) in [6.07, 6.45) is 3.22. The van der Waals surface area contributed by atoms with Crippen LogP contribution in [0, 0.1) is 0 Å². The van der Waals surface area contributed by atoms with Gasteiger partial charge in [-0.25, -0.2) is 9.97 Å². The van der Waals surface area contributed by atoms with E-state index in [1.54, 1.807) is 31.3 Å². The van der Waals surface area contributed by atoms with Gasteiger partial charge < -0.3 is 4.74 Å². The SMILES string of the molecule is COc1ccc(CSc2nccnc2Cl)cc1. The normalized spacial score (nSPS) is 10.2. The summed E-state index contributed by atoms with van der Waals surface area (Å²) in [6.45, 7) is 0. The van der Waals surface area contributed by atoms with Gasteiger partial charge in [-0.15, -0.1) is 0 Å². The van der Waals surface area contributed by atoms with Gasteiger partial charge in [0.05, 0.1) is 7.11 Å². The lowest BCUT2D eigenvalue weighted by Crippen LogP contribution is -1.87. The lowest BCUT2D eigenvalue weighted by Gasteiger charge is -2.03. The fourth-order valence-electron chi connectivity index (χ4n) is 1.28. The molecule has 88 valence electrons. The number of thioether (sulfide) groups is 1. The van der Waals surface area contributed by atoms with Crippen LogP contribution in [0.4, 0.5) is 0 Å². The second-order valence-electron chi connectivity index (χ2n) is 3.29. The molecule has 17 heavy (non-hydrogen) atoms. The Morgan fingerprint density at radius 1 is 1.18 bits per heavy atom. The smallest absolute Gasteiger partial charge is 0.161 e. The van der Waals surface area contributed by atoms with E-state index >= 15 is 0 Å². The number of nitrogens with zero attached hydrogens (tertiary/aromatic N) is 2. The van der Waals surface area contributed by atoms with Crippen molar-refractivity contribution in [1.29, 1.82) is 0 Å². The molecule has 0 saturated carbocycles. The third kappa shape index (κ3) is 3.35. The van der Waals surface area contributed by atoms with Crippen LogP contribution in [0.15, 0.2) is 41.7 Å². The van der Waals surface area contributed by atoms with E-state index < -0.39 is 0 Å². The summed E-state index contributed by atoms with van der Waals surface area (Å²) >= 11 is 7.49. The predicted octanol–water partition coefficient (Wildman–Crippen LogP) is 3.43. The Hall–Kier alpha value is -1.26. The second kappa shape index (κ2) is 5.89. The van der Waals surface area contributed by atoms with Crippen LogP contribution >= 0.6 is 23.4 Å². The molecule has 0 aliphatic rings. The number of hydrogen-bond acceptors (Lipinski definition) is 4. The molecule has 0 amide bonds. The highest BCUT2D eigenvalue weighted by molar-refractivity contribution is 7.98. The largest absolute Gasteiger partial charge is 0.497 e. The Morgan fingerprint density at radius 2 is 1.88 bits per heavy atom. The first-order valence-electron chi connectivity index (χ1n) is 5.02. The summed E-state index contributed by atoms with van der Waals surface area (Å²) in [6, 6.07) is 7.93. The number of rotatable bonds is 4. The van der Waals surface area contributed by atoms with Crippen LogP contribution in [0.25, 0.3) is 0 Å². The molecule has 2 rings (SSSR count). The average Bonchev–Trinajstić information content (AvgIpc) is 2.38. The lowest BCUT2D eigenvalue weighted by molar-refractivity contribution is 0.414. The van der Waals surface area contributed by atoms with Crippen LogP contribution < -0.4 is 4.74 Å². The Labute approximate surface area is 109 Å². The van der Waals surface area contributed by atoms with Gasteiger partial charge in [0.25, 0.3) is 0 Å². The summed E-state index contributed by atoms with van der Waals surface area (Å²) in [5, 5.41) is 1.20. The van der Waals surface area contributed by atoms with Crippen molar-refractivity contribution in [2.75, 3.05) is 7.11 Å². The van der Waals surface area contributed by atoms with E-state index in [0.29, 0.717) is 5.15 Å². The molecule has 0 atom stereocenters. The highest BCUT2D eigenvalue weighted by Crippen LogP contribution is 2.26. The molecule has 0 aliphatic heterocycles. The Balaban J connectivity index is 2.00. The molecule has 1 aromatic heterocycles. The van der Waals surface area contributed by atoms with Gasteiger partial charge in [-0.05, 0) is 17.7 Å². The van der Waals surface area contributed by atoms with Crippen LogP contribution in [-0.4, -0.2) is 17.1 Å². The van der Waals surface area contributed by atoms with Crippen molar-refractivity contribution in [2.45, 2.75) is 10.8 Å². The molecule has 0 radical (unpaired) electrons. The zero-order chi connectivity index (χ0) is 12.1. The van der Waals surface area contributed by atoms with Crippen molar-refractivity contribution < 1.29 is 4.74 Å². The summed E-state index contributed by atoms with van der Waals surface area (Å²) in [4.78, 5) is 8.15. The molecule has 0 unspecified atom stereocenters. The summed E-state index contributed by atoms with van der Waals surface area (Å²) < 4.78 is 5.10. The molecular formula is C12H11ClN2OS. The van der Waals surface area contributed by atoms with Crippen LogP contribution in [0.3, 0.4) is 0 Å². The van der Waals surface area contributed by atoms with Crippen LogP contribution in [0.1, 0.15) is 5.56 Å². The first kappa shape index (κ1) is 12.2. The molecule has 0 bridgehead atoms. The van der Waals surface area contributed by atoms with Crippen LogP contribution in [0.5, 0.6) is 5.75 Å². The van der Waals surface area contributed by atoms with Crippen molar-refractivity contribution >= 4 is 23.4 Å². The van der Waals surface area contributed by atoms with Gasteiger partial charge in [-0.2, -0.15) is 0 Å². The highest BCUT2D eigenvalue weighted by atomic mass is 35.5. The fourth-order valence-corrected chi connectivity index (χ4v) is 2.35. The molecule has 5 heteroatoms. The third-order valence-corrected chi connectivity index (χ3v) is 3.60. The number of benzene rings is 1. The molecular weight excluding hydrogens is 256 g/mol. The summed E-state index contributed by atoms with van der Waals surface area (Å²) in [7, 11) is 1.66. The third-order valence-electron chi connectivity index (χ3n) is 2.16. The first-order chi connectivity index (χ1) is 8.29. The summed E-state index contributed by atoms with van der Waals surface area (Å²) in [5.41, 5.74) is 1.19. The quantitative estimate of drug-likeness (QED) is 0.794. The minimum atomic E-state index is 0.450. The molecule has 0 spiro atoms. The molecule has 0 saturated heterocycles. The fraction of sp³-hybridized carbons (Fsp3) is 0.167. The molecule has 1 heterocycles. The Kier molecular flexibility index (Phi) is 4.23. The van der Waals surface area contributed by atoms with E-state index in [1.165, 1.54) is 5.56 Å². The first-order valence-corrected chi connectivity index (χ1v) is 6.38. The van der Waals surface area contributed by atoms with E-state index in [0.717, 1.165) is 16.5 Å². The maximum atomic E-state index is 5.92. The van der Waals surface area contributed by atoms with Gasteiger partial charge in [0.1, 0.15) is 10.8 Å². The number of ether oxygens (including phenoxy) is 1. The molecule has 0 aliphatic carbocycles. The molecule has 0 fully saturated rings. The Morgan fingerprint density at radius 3 is 2.53 bits per heavy atom. The van der Waals surface area contributed by atoms with Gasteiger partial charge in [0.2, 0.25) is 0 Å². The molecule has 1 aromatic carbocycles. The van der Waals surface area contributed by atoms with Crippen LogP contribution in [-0.2, 0) is 5.75 Å². The minimum absolute atomic E-state index is 0.450. The summed E-state index contributed by atoms with van der Waals surface area (Å²) in [5.74, 6) is 1.67. The van der Waals surface area contributed by atoms with E-state index in [1.807, 2.05) is 24.3 Å². The van der Waals surface area contributed by atoms with Crippen molar-refractivity contribution in [3.05, 3.63) is 47.4 Å². The zero-order valence-corrected chi connectivity index (χ0v) is 10.8. The van der Waals surface area contributed by atoms with E-state index in [9.17, 15) is 0 Å². The topological polar surface area (TPSA) is 35.0 Å². The van der Waals surface area contributed by atoms with Crippen molar-refractivity contribution in [1.82, 2.24) is 9.97 Å². The van der Waals surface area contributed by atoms with Crippen molar-refractivity contribution in [2.24, 2.45) is 0 Å². The van der Waals surface area contributed by atoms with Gasteiger partial charge in [-0.3, -0.25) is 0 Å². The van der Waals surface area contributed by atoms with E-state index in [-0.39, 0.29) is 0 Å². The second-order valence-corrected chi connectivity index (χ2v) is 4.61. The molecule has 3 nitrogen and oxygen atoms in total. The molecule has 0 N–H and O–H groups in total. The Bertz CT molecular complexity index is 490. The van der Waals surface area contributed by atoms with Gasteiger partial charge >= 0.3 is 0 Å². The van der Waals surface area contributed by atoms with Crippen LogP contribution in [0.2, 0.25) is 5.15 Å². The zero-order valence-electron chi connectivity index (χ0n) is 9.26. The van der Waals surface area contributed by atoms with Gasteiger partial charge in [-0.1, -0.05) is 35.5 Å². The standard InChI is InChI=1S/C12H11ClN2OS/c1-16-10-4-2-9(3-5-10)8-17-12-11(13)14-6-7-15-12/h2-7H,8H2,1H3. The number of hydrogen-bond donors (Lipinski definition) is 0. The lowest BCUT2D eigenvalue weighted by atomic mass is 10.2. The van der Waals surface area contributed by atoms with Gasteiger partial charge in [0, 0.05) is 18.1 Å². The average molecular weight is 267 g/mol. The van der Waals surface area contributed by atoms with E-state index in [4.69, 9.17) is 16.3 Å². The van der Waals surface area contributed by atoms with Gasteiger partial charge in [0.15, 0.2) is 5.15 Å². The monoisotopic (exact) mass is 266 g/mol. The minimum Gasteiger partial charge on any atom is -0.497 e. The predicted molar refractivity (Wildman–Crippen MR) is 69.6 cm³/mol. The number of methoxy groups -OCH3 is 1. The maximum Gasteiger partial charge on any atom is 0.161 e. The van der Waals surface area contributed by atoms with Crippen molar-refractivity contribution in [3.8, 4) is 5.75 Å². The van der Waals surface area contributed by atoms with Crippen molar-refractivity contribution in [3.63, 3.8) is 0 Å². The van der Waals surface area contributed by atoms with E-state index in [2.05, 4.69) is 9.97 Å².